The van der Waals surface area contributed by atoms with Crippen molar-refractivity contribution >= 4 is 17.7 Å². The van der Waals surface area contributed by atoms with Gasteiger partial charge in [0.25, 0.3) is 0 Å². The molecule has 0 atom stereocenters. The first-order chi connectivity index (χ1) is 13.1. The molecule has 0 spiro atoms. The summed E-state index contributed by atoms with van der Waals surface area (Å²) in [6, 6.07) is 16.6. The zero-order chi connectivity index (χ0) is 19.0. The fourth-order valence-corrected chi connectivity index (χ4v) is 4.58. The van der Waals surface area contributed by atoms with Gasteiger partial charge in [0.15, 0.2) is 5.69 Å². The Morgan fingerprint density at radius 3 is 2.70 bits per heavy atom. The molecule has 0 unspecified atom stereocenters. The molecule has 4 rings (SSSR count). The third-order valence-corrected chi connectivity index (χ3v) is 5.85. The second-order valence-corrected chi connectivity index (χ2v) is 7.82. The molecule has 0 saturated heterocycles. The van der Waals surface area contributed by atoms with E-state index in [1.807, 2.05) is 35.9 Å². The van der Waals surface area contributed by atoms with Crippen molar-refractivity contribution in [2.24, 2.45) is 0 Å². The Hall–Kier alpha value is -2.53. The number of nitrogens with zero attached hydrogens (tertiary/aromatic N) is 2. The number of esters is 1. The van der Waals surface area contributed by atoms with Crippen molar-refractivity contribution in [2.75, 3.05) is 6.61 Å². The molecule has 27 heavy (non-hydrogen) atoms. The Kier molecular flexibility index (Phi) is 4.79. The smallest absolute Gasteiger partial charge is 0.359 e. The van der Waals surface area contributed by atoms with Crippen LogP contribution in [0.25, 0.3) is 16.9 Å². The van der Waals surface area contributed by atoms with Crippen molar-refractivity contribution in [2.45, 2.75) is 37.3 Å². The van der Waals surface area contributed by atoms with Gasteiger partial charge in [0.1, 0.15) is 0 Å². The number of hydrogen-bond acceptors (Lipinski definition) is 4. The molecule has 0 amide bonds. The van der Waals surface area contributed by atoms with Gasteiger partial charge in [-0.15, -0.1) is 11.8 Å². The van der Waals surface area contributed by atoms with Crippen molar-refractivity contribution in [3.63, 3.8) is 0 Å². The molecule has 0 N–H and O–H groups in total. The minimum absolute atomic E-state index is 0.340. The second kappa shape index (κ2) is 7.24. The topological polar surface area (TPSA) is 44.1 Å². The van der Waals surface area contributed by atoms with E-state index in [0.717, 1.165) is 22.5 Å². The first kappa shape index (κ1) is 17.9. The fourth-order valence-electron chi connectivity index (χ4n) is 3.51. The molecule has 4 nitrogen and oxygen atoms in total. The Morgan fingerprint density at radius 1 is 1.19 bits per heavy atom. The summed E-state index contributed by atoms with van der Waals surface area (Å²) in [5.74, 6) is 0.708. The number of rotatable bonds is 4. The Labute approximate surface area is 163 Å². The lowest BCUT2D eigenvalue weighted by molar-refractivity contribution is 0.0518. The summed E-state index contributed by atoms with van der Waals surface area (Å²) in [4.78, 5) is 13.8. The van der Waals surface area contributed by atoms with Crippen LogP contribution in [0.5, 0.6) is 0 Å². The van der Waals surface area contributed by atoms with Gasteiger partial charge >= 0.3 is 5.97 Å². The van der Waals surface area contributed by atoms with E-state index in [4.69, 9.17) is 9.84 Å². The molecular weight excluding hydrogens is 356 g/mol. The van der Waals surface area contributed by atoms with E-state index in [0.29, 0.717) is 24.0 Å². The zero-order valence-corrected chi connectivity index (χ0v) is 16.5. The van der Waals surface area contributed by atoms with E-state index in [1.54, 1.807) is 11.8 Å². The quantitative estimate of drug-likeness (QED) is 0.567. The van der Waals surface area contributed by atoms with Crippen LogP contribution in [-0.2, 0) is 10.5 Å². The summed E-state index contributed by atoms with van der Waals surface area (Å²) in [6.07, 6.45) is 0. The van der Waals surface area contributed by atoms with E-state index in [9.17, 15) is 4.79 Å². The number of carbonyl (C=O) groups is 1. The number of fused-ring (bicyclic) bond motifs is 3. The van der Waals surface area contributed by atoms with Crippen molar-refractivity contribution < 1.29 is 9.53 Å². The van der Waals surface area contributed by atoms with Gasteiger partial charge in [-0.3, -0.25) is 0 Å². The fraction of sp³-hybridized carbons (Fsp3) is 0.273. The van der Waals surface area contributed by atoms with Gasteiger partial charge in [0, 0.05) is 21.8 Å². The summed E-state index contributed by atoms with van der Waals surface area (Å²) in [5.41, 5.74) is 5.71. The zero-order valence-electron chi connectivity index (χ0n) is 15.7. The molecule has 0 aliphatic carbocycles. The third kappa shape index (κ3) is 3.06. The van der Waals surface area contributed by atoms with Crippen LogP contribution in [0.1, 0.15) is 48.3 Å². The highest BCUT2D eigenvalue weighted by Crippen LogP contribution is 2.44. The van der Waals surface area contributed by atoms with E-state index in [-0.39, 0.29) is 5.97 Å². The first-order valence-corrected chi connectivity index (χ1v) is 10.2. The maximum Gasteiger partial charge on any atom is 0.359 e. The minimum atomic E-state index is -0.352. The third-order valence-electron chi connectivity index (χ3n) is 4.75. The van der Waals surface area contributed by atoms with Crippen molar-refractivity contribution in [3.05, 3.63) is 65.4 Å². The van der Waals surface area contributed by atoms with Crippen molar-refractivity contribution in [1.82, 2.24) is 9.78 Å². The molecule has 2 heterocycles. The van der Waals surface area contributed by atoms with Crippen LogP contribution in [0, 0.1) is 0 Å². The molecule has 2 aromatic carbocycles. The predicted molar refractivity (Wildman–Crippen MR) is 109 cm³/mol. The maximum atomic E-state index is 12.6. The van der Waals surface area contributed by atoms with Gasteiger partial charge in [-0.05, 0) is 30.5 Å². The summed E-state index contributed by atoms with van der Waals surface area (Å²) in [6.45, 7) is 6.50. The number of ether oxygens (including phenoxy) is 1. The predicted octanol–water partition coefficient (Wildman–Crippen LogP) is 5.45. The van der Waals surface area contributed by atoms with Crippen LogP contribution in [0.2, 0.25) is 0 Å². The minimum Gasteiger partial charge on any atom is -0.461 e. The highest BCUT2D eigenvalue weighted by Gasteiger charge is 2.30. The Morgan fingerprint density at radius 2 is 1.93 bits per heavy atom. The van der Waals surface area contributed by atoms with Crippen molar-refractivity contribution in [3.8, 4) is 16.9 Å². The van der Waals surface area contributed by atoms with Gasteiger partial charge in [-0.25, -0.2) is 9.48 Å². The molecule has 0 bridgehead atoms. The average Bonchev–Trinajstić information content (AvgIpc) is 3.08. The first-order valence-electron chi connectivity index (χ1n) is 9.22. The number of hydrogen-bond donors (Lipinski definition) is 0. The van der Waals surface area contributed by atoms with Gasteiger partial charge in [0.2, 0.25) is 0 Å². The summed E-state index contributed by atoms with van der Waals surface area (Å²) in [7, 11) is 0. The van der Waals surface area contributed by atoms with Gasteiger partial charge in [0.05, 0.1) is 18.0 Å². The highest BCUT2D eigenvalue weighted by atomic mass is 32.2. The number of carbonyl (C=O) groups excluding carboxylic acids is 1. The standard InChI is InChI=1S/C22H22N2O2S/c1-4-26-22(25)20-17-13-27-19-12-8-6-10-16(19)21(17)24(23-20)18-11-7-5-9-15(18)14(2)3/h5-12,14H,4,13H2,1-3H3. The van der Waals surface area contributed by atoms with E-state index < -0.39 is 0 Å². The molecule has 138 valence electrons. The normalized spacial score (nSPS) is 12.6. The Bertz CT molecular complexity index is 1010. The highest BCUT2D eigenvalue weighted by molar-refractivity contribution is 7.98. The van der Waals surface area contributed by atoms with Gasteiger partial charge in [-0.2, -0.15) is 5.10 Å². The summed E-state index contributed by atoms with van der Waals surface area (Å²) >= 11 is 1.74. The molecule has 0 radical (unpaired) electrons. The number of aromatic nitrogens is 2. The average molecular weight is 378 g/mol. The maximum absolute atomic E-state index is 12.6. The molecule has 1 aliphatic heterocycles. The molecule has 1 aromatic heterocycles. The summed E-state index contributed by atoms with van der Waals surface area (Å²) in [5, 5.41) is 4.75. The molecule has 0 saturated carbocycles. The lowest BCUT2D eigenvalue weighted by Gasteiger charge is -2.20. The van der Waals surface area contributed by atoms with Crippen LogP contribution in [0.15, 0.2) is 53.4 Å². The van der Waals surface area contributed by atoms with Crippen LogP contribution in [0.3, 0.4) is 0 Å². The van der Waals surface area contributed by atoms with Crippen LogP contribution >= 0.6 is 11.8 Å². The van der Waals surface area contributed by atoms with Crippen LogP contribution in [0.4, 0.5) is 0 Å². The molecule has 0 fully saturated rings. The molecule has 1 aliphatic rings. The van der Waals surface area contributed by atoms with E-state index in [1.165, 1.54) is 10.5 Å². The largest absolute Gasteiger partial charge is 0.461 e. The van der Waals surface area contributed by atoms with Gasteiger partial charge < -0.3 is 4.74 Å². The lowest BCUT2D eigenvalue weighted by atomic mass is 10.0. The van der Waals surface area contributed by atoms with Crippen LogP contribution < -0.4 is 0 Å². The van der Waals surface area contributed by atoms with Gasteiger partial charge in [-0.1, -0.05) is 50.2 Å². The molecule has 5 heteroatoms. The van der Waals surface area contributed by atoms with E-state index >= 15 is 0 Å². The molecular formula is C22H22N2O2S. The SMILES string of the molecule is CCOC(=O)c1nn(-c2ccccc2C(C)C)c2c1CSc1ccccc1-2. The Balaban J connectivity index is 2.00. The number of para-hydroxylation sites is 1. The molecule has 3 aromatic rings. The number of benzene rings is 2. The summed E-state index contributed by atoms with van der Waals surface area (Å²) < 4.78 is 7.22. The van der Waals surface area contributed by atoms with E-state index in [2.05, 4.69) is 38.1 Å². The second-order valence-electron chi connectivity index (χ2n) is 6.81. The number of thioether (sulfide) groups is 1. The van der Waals surface area contributed by atoms with Crippen molar-refractivity contribution in [1.29, 1.82) is 0 Å². The lowest BCUT2D eigenvalue weighted by Crippen LogP contribution is -2.09. The monoisotopic (exact) mass is 378 g/mol. The van der Waals surface area contributed by atoms with Crippen LogP contribution in [-0.4, -0.2) is 22.4 Å².